The van der Waals surface area contributed by atoms with E-state index in [1.807, 2.05) is 0 Å². The normalized spacial score (nSPS) is 10.8. The van der Waals surface area contributed by atoms with Gasteiger partial charge in [0.2, 0.25) is 5.43 Å². The SMILES string of the molecule is CCN(C(=O)c1nn(-c2ccccc2F)c(C)cc1=O)c1ccc(F)c(F)c1. The van der Waals surface area contributed by atoms with Crippen molar-refractivity contribution in [1.29, 1.82) is 0 Å². The minimum Gasteiger partial charge on any atom is -0.307 e. The largest absolute Gasteiger partial charge is 0.307 e. The number of para-hydroxylation sites is 1. The molecule has 0 fully saturated rings. The number of amides is 1. The number of aryl methyl sites for hydroxylation is 1. The van der Waals surface area contributed by atoms with Gasteiger partial charge in [-0.2, -0.15) is 5.10 Å². The standard InChI is InChI=1S/C20H16F3N3O2/c1-3-25(13-8-9-14(21)16(23)11-13)20(28)19-18(27)10-12(2)26(24-19)17-7-5-4-6-15(17)22/h4-11H,3H2,1-2H3. The van der Waals surface area contributed by atoms with Gasteiger partial charge >= 0.3 is 0 Å². The molecule has 1 aromatic heterocycles. The lowest BCUT2D eigenvalue weighted by molar-refractivity contribution is 0.0980. The second-order valence-corrected chi connectivity index (χ2v) is 6.01. The van der Waals surface area contributed by atoms with Crippen LogP contribution in [0.3, 0.4) is 0 Å². The molecule has 5 nitrogen and oxygen atoms in total. The fourth-order valence-corrected chi connectivity index (χ4v) is 2.79. The first kappa shape index (κ1) is 19.3. The average Bonchev–Trinajstić information content (AvgIpc) is 2.66. The van der Waals surface area contributed by atoms with E-state index in [0.717, 1.165) is 21.7 Å². The molecule has 144 valence electrons. The summed E-state index contributed by atoms with van der Waals surface area (Å²) in [4.78, 5) is 26.4. The first-order valence-corrected chi connectivity index (χ1v) is 8.46. The Morgan fingerprint density at radius 2 is 1.75 bits per heavy atom. The molecule has 2 aromatic carbocycles. The van der Waals surface area contributed by atoms with E-state index in [2.05, 4.69) is 5.10 Å². The van der Waals surface area contributed by atoms with E-state index in [4.69, 9.17) is 0 Å². The summed E-state index contributed by atoms with van der Waals surface area (Å²) in [6, 6.07) is 9.94. The molecule has 8 heteroatoms. The number of rotatable bonds is 4. The number of nitrogens with zero attached hydrogens (tertiary/aromatic N) is 3. The number of aromatic nitrogens is 2. The van der Waals surface area contributed by atoms with Crippen molar-refractivity contribution in [2.24, 2.45) is 0 Å². The van der Waals surface area contributed by atoms with Gasteiger partial charge < -0.3 is 4.90 Å². The number of benzene rings is 2. The van der Waals surface area contributed by atoms with Crippen molar-refractivity contribution >= 4 is 11.6 Å². The fourth-order valence-electron chi connectivity index (χ4n) is 2.79. The molecule has 0 aliphatic rings. The third-order valence-corrected chi connectivity index (χ3v) is 4.17. The van der Waals surface area contributed by atoms with Gasteiger partial charge in [0.25, 0.3) is 5.91 Å². The predicted molar refractivity (Wildman–Crippen MR) is 98.2 cm³/mol. The average molecular weight is 387 g/mol. The van der Waals surface area contributed by atoms with Crippen LogP contribution in [0.15, 0.2) is 53.3 Å². The van der Waals surface area contributed by atoms with Crippen LogP contribution in [0.4, 0.5) is 18.9 Å². The molecule has 0 bridgehead atoms. The summed E-state index contributed by atoms with van der Waals surface area (Å²) in [6.45, 7) is 3.25. The fraction of sp³-hybridized carbons (Fsp3) is 0.150. The smallest absolute Gasteiger partial charge is 0.282 e. The van der Waals surface area contributed by atoms with Gasteiger partial charge in [-0.05, 0) is 38.1 Å². The quantitative estimate of drug-likeness (QED) is 0.687. The third kappa shape index (κ3) is 3.53. The van der Waals surface area contributed by atoms with E-state index in [0.29, 0.717) is 5.69 Å². The summed E-state index contributed by atoms with van der Waals surface area (Å²) in [5.41, 5.74) is -0.630. The van der Waals surface area contributed by atoms with E-state index in [1.165, 1.54) is 30.3 Å². The highest BCUT2D eigenvalue weighted by atomic mass is 19.2. The Kier molecular flexibility index (Phi) is 5.30. The van der Waals surface area contributed by atoms with Gasteiger partial charge in [0.15, 0.2) is 17.3 Å². The van der Waals surface area contributed by atoms with E-state index >= 15 is 0 Å². The Hall–Kier alpha value is -3.42. The molecule has 28 heavy (non-hydrogen) atoms. The van der Waals surface area contributed by atoms with Crippen molar-refractivity contribution in [3.8, 4) is 5.69 Å². The van der Waals surface area contributed by atoms with Gasteiger partial charge in [0.05, 0.1) is 0 Å². The lowest BCUT2D eigenvalue weighted by Crippen LogP contribution is -2.36. The zero-order valence-electron chi connectivity index (χ0n) is 15.1. The topological polar surface area (TPSA) is 55.2 Å². The first-order chi connectivity index (χ1) is 13.3. The maximum Gasteiger partial charge on any atom is 0.282 e. The lowest BCUT2D eigenvalue weighted by Gasteiger charge is -2.21. The number of carbonyl (C=O) groups excluding carboxylic acids is 1. The maximum absolute atomic E-state index is 14.1. The van der Waals surface area contributed by atoms with Crippen LogP contribution in [0.25, 0.3) is 5.69 Å². The molecule has 0 saturated carbocycles. The summed E-state index contributed by atoms with van der Waals surface area (Å²) in [6.07, 6.45) is 0. The van der Waals surface area contributed by atoms with Gasteiger partial charge in [-0.25, -0.2) is 17.9 Å². The number of anilines is 1. The molecule has 0 aliphatic carbocycles. The van der Waals surface area contributed by atoms with E-state index in [9.17, 15) is 22.8 Å². The van der Waals surface area contributed by atoms with Gasteiger partial charge in [0, 0.05) is 30.1 Å². The Bertz CT molecular complexity index is 1110. The predicted octanol–water partition coefficient (Wildman–Crippen LogP) is 3.62. The monoisotopic (exact) mass is 387 g/mol. The Morgan fingerprint density at radius 1 is 1.04 bits per heavy atom. The third-order valence-electron chi connectivity index (χ3n) is 4.17. The van der Waals surface area contributed by atoms with Crippen LogP contribution >= 0.6 is 0 Å². The van der Waals surface area contributed by atoms with Crippen LogP contribution in [0, 0.1) is 24.4 Å². The highest BCUT2D eigenvalue weighted by Crippen LogP contribution is 2.20. The summed E-state index contributed by atoms with van der Waals surface area (Å²) in [5.74, 6) is -3.55. The molecule has 3 rings (SSSR count). The zero-order valence-corrected chi connectivity index (χ0v) is 15.1. The van der Waals surface area contributed by atoms with Crippen molar-refractivity contribution in [2.75, 3.05) is 11.4 Å². The van der Waals surface area contributed by atoms with Gasteiger partial charge in [0.1, 0.15) is 11.5 Å². The summed E-state index contributed by atoms with van der Waals surface area (Å²) in [5, 5.41) is 4.04. The van der Waals surface area contributed by atoms with Crippen LogP contribution in [0.1, 0.15) is 23.1 Å². The summed E-state index contributed by atoms with van der Waals surface area (Å²) >= 11 is 0. The van der Waals surface area contributed by atoms with Crippen molar-refractivity contribution in [1.82, 2.24) is 9.78 Å². The Balaban J connectivity index is 2.10. The number of hydrogen-bond donors (Lipinski definition) is 0. The molecule has 0 unspecified atom stereocenters. The minimum atomic E-state index is -1.12. The summed E-state index contributed by atoms with van der Waals surface area (Å²) < 4.78 is 42.1. The molecule has 0 saturated heterocycles. The van der Waals surface area contributed by atoms with Crippen LogP contribution in [-0.2, 0) is 0 Å². The molecule has 0 atom stereocenters. The zero-order chi connectivity index (χ0) is 20.4. The molecular formula is C20H16F3N3O2. The van der Waals surface area contributed by atoms with Crippen molar-refractivity contribution in [2.45, 2.75) is 13.8 Å². The molecule has 0 spiro atoms. The van der Waals surface area contributed by atoms with Crippen molar-refractivity contribution in [3.05, 3.63) is 87.6 Å². The molecule has 3 aromatic rings. The summed E-state index contributed by atoms with van der Waals surface area (Å²) in [7, 11) is 0. The number of halogens is 3. The highest BCUT2D eigenvalue weighted by molar-refractivity contribution is 6.04. The lowest BCUT2D eigenvalue weighted by atomic mass is 10.2. The maximum atomic E-state index is 14.1. The van der Waals surface area contributed by atoms with Crippen LogP contribution in [-0.4, -0.2) is 22.2 Å². The minimum absolute atomic E-state index is 0.0740. The van der Waals surface area contributed by atoms with Crippen LogP contribution < -0.4 is 10.3 Å². The second kappa shape index (κ2) is 7.67. The molecule has 0 aliphatic heterocycles. The van der Waals surface area contributed by atoms with Crippen molar-refractivity contribution in [3.63, 3.8) is 0 Å². The molecule has 0 N–H and O–H groups in total. The van der Waals surface area contributed by atoms with Crippen molar-refractivity contribution < 1.29 is 18.0 Å². The Morgan fingerprint density at radius 3 is 2.39 bits per heavy atom. The molecule has 1 amide bonds. The van der Waals surface area contributed by atoms with Crippen LogP contribution in [0.2, 0.25) is 0 Å². The van der Waals surface area contributed by atoms with E-state index in [-0.39, 0.29) is 17.9 Å². The first-order valence-electron chi connectivity index (χ1n) is 8.46. The number of hydrogen-bond acceptors (Lipinski definition) is 3. The molecular weight excluding hydrogens is 371 g/mol. The highest BCUT2D eigenvalue weighted by Gasteiger charge is 2.23. The van der Waals surface area contributed by atoms with Gasteiger partial charge in [-0.1, -0.05) is 12.1 Å². The van der Waals surface area contributed by atoms with Gasteiger partial charge in [-0.15, -0.1) is 0 Å². The molecule has 0 radical (unpaired) electrons. The second-order valence-electron chi connectivity index (χ2n) is 6.01. The number of carbonyl (C=O) groups is 1. The van der Waals surface area contributed by atoms with E-state index < -0.39 is 34.5 Å². The Labute approximate surface area is 158 Å². The molecule has 1 heterocycles. The van der Waals surface area contributed by atoms with Crippen LogP contribution in [0.5, 0.6) is 0 Å². The van der Waals surface area contributed by atoms with E-state index in [1.54, 1.807) is 19.9 Å². The van der Waals surface area contributed by atoms with Gasteiger partial charge in [-0.3, -0.25) is 9.59 Å².